The van der Waals surface area contributed by atoms with Crippen molar-refractivity contribution < 1.29 is 19.1 Å². The summed E-state index contributed by atoms with van der Waals surface area (Å²) in [5.41, 5.74) is 1.26. The van der Waals surface area contributed by atoms with E-state index in [9.17, 15) is 14.4 Å². The molecule has 29 heavy (non-hydrogen) atoms. The van der Waals surface area contributed by atoms with Gasteiger partial charge >= 0.3 is 5.97 Å². The lowest BCUT2D eigenvalue weighted by Crippen LogP contribution is -2.54. The monoisotopic (exact) mass is 417 g/mol. The normalized spacial score (nSPS) is 20.2. The Morgan fingerprint density at radius 1 is 1.17 bits per heavy atom. The van der Waals surface area contributed by atoms with Gasteiger partial charge in [-0.05, 0) is 19.4 Å². The summed E-state index contributed by atoms with van der Waals surface area (Å²) >= 11 is 1.26. The highest BCUT2D eigenvalue weighted by molar-refractivity contribution is 8.04. The van der Waals surface area contributed by atoms with Gasteiger partial charge in [-0.25, -0.2) is 4.79 Å². The van der Waals surface area contributed by atoms with E-state index in [4.69, 9.17) is 4.74 Å². The van der Waals surface area contributed by atoms with Crippen molar-refractivity contribution in [2.24, 2.45) is 0 Å². The molecule has 3 rings (SSSR count). The molecule has 2 heterocycles. The third-order valence-electron chi connectivity index (χ3n) is 5.06. The molecule has 1 atom stereocenters. The maximum Gasteiger partial charge on any atom is 0.333 e. The van der Waals surface area contributed by atoms with E-state index < -0.39 is 12.0 Å². The second-order valence-electron chi connectivity index (χ2n) is 7.05. The molecule has 1 aromatic carbocycles. The first-order chi connectivity index (χ1) is 14.0. The highest BCUT2D eigenvalue weighted by atomic mass is 32.2. The molecule has 8 heteroatoms. The van der Waals surface area contributed by atoms with Crippen LogP contribution in [0.1, 0.15) is 19.4 Å². The number of esters is 1. The van der Waals surface area contributed by atoms with Crippen LogP contribution in [0.5, 0.6) is 0 Å². The fourth-order valence-electron chi connectivity index (χ4n) is 3.54. The smallest absolute Gasteiger partial charge is 0.333 e. The van der Waals surface area contributed by atoms with Crippen molar-refractivity contribution >= 4 is 29.5 Å². The summed E-state index contributed by atoms with van der Waals surface area (Å²) in [6.45, 7) is 7.43. The summed E-state index contributed by atoms with van der Waals surface area (Å²) in [5, 5.41) is 0.483. The number of benzene rings is 1. The van der Waals surface area contributed by atoms with Gasteiger partial charge in [0.05, 0.1) is 23.5 Å². The minimum absolute atomic E-state index is 0.0880. The number of thioether (sulfide) groups is 1. The third kappa shape index (κ3) is 5.39. The Hall–Kier alpha value is -2.32. The molecule has 0 spiro atoms. The van der Waals surface area contributed by atoms with Crippen molar-refractivity contribution in [2.45, 2.75) is 26.4 Å². The second kappa shape index (κ2) is 9.93. The van der Waals surface area contributed by atoms with Crippen molar-refractivity contribution in [1.29, 1.82) is 0 Å². The number of nitrogens with zero attached hydrogens (tertiary/aromatic N) is 3. The average molecular weight is 418 g/mol. The average Bonchev–Trinajstić information content (AvgIpc) is 3.08. The lowest BCUT2D eigenvalue weighted by Gasteiger charge is -2.37. The lowest BCUT2D eigenvalue weighted by atomic mass is 10.2. The minimum atomic E-state index is -0.640. The number of hydrogen-bond acceptors (Lipinski definition) is 6. The SMILES string of the molecule is CCOC(=O)/C=C1\SCC(=O)N1[C@H](C)C(=O)N1CCN(Cc2ccccc2)CC1. The number of piperazine rings is 1. The largest absolute Gasteiger partial charge is 0.463 e. The standard InChI is InChI=1S/C21H27N3O4S/c1-3-28-20(26)13-19-24(18(25)15-29-19)16(2)21(27)23-11-9-22(10-12-23)14-17-7-5-4-6-8-17/h4-8,13,16H,3,9-12,14-15H2,1-2H3/b19-13-/t16-/m1/s1. The van der Waals surface area contributed by atoms with Crippen LogP contribution in [-0.2, 0) is 25.7 Å². The predicted octanol–water partition coefficient (Wildman–Crippen LogP) is 1.70. The van der Waals surface area contributed by atoms with Gasteiger partial charge in [-0.15, -0.1) is 0 Å². The van der Waals surface area contributed by atoms with Gasteiger partial charge < -0.3 is 9.64 Å². The minimum Gasteiger partial charge on any atom is -0.463 e. The van der Waals surface area contributed by atoms with Gasteiger partial charge in [-0.1, -0.05) is 42.1 Å². The summed E-state index contributed by atoms with van der Waals surface area (Å²) in [6.07, 6.45) is 1.31. The zero-order valence-electron chi connectivity index (χ0n) is 16.9. The zero-order valence-corrected chi connectivity index (χ0v) is 17.7. The molecule has 0 bridgehead atoms. The molecule has 7 nitrogen and oxygen atoms in total. The van der Waals surface area contributed by atoms with Gasteiger partial charge in [0, 0.05) is 32.7 Å². The van der Waals surface area contributed by atoms with Crippen LogP contribution in [0.4, 0.5) is 0 Å². The Morgan fingerprint density at radius 3 is 2.52 bits per heavy atom. The summed E-state index contributed by atoms with van der Waals surface area (Å²) in [5.74, 6) is -0.513. The summed E-state index contributed by atoms with van der Waals surface area (Å²) < 4.78 is 4.94. The Balaban J connectivity index is 1.58. The highest BCUT2D eigenvalue weighted by Crippen LogP contribution is 2.31. The van der Waals surface area contributed by atoms with E-state index in [0.717, 1.165) is 19.6 Å². The first-order valence-corrected chi connectivity index (χ1v) is 10.9. The molecule has 0 aromatic heterocycles. The number of carbonyl (C=O) groups is 3. The van der Waals surface area contributed by atoms with Crippen molar-refractivity contribution in [1.82, 2.24) is 14.7 Å². The molecular formula is C21H27N3O4S. The van der Waals surface area contributed by atoms with E-state index in [0.29, 0.717) is 18.1 Å². The Labute approximate surface area is 175 Å². The molecule has 2 saturated heterocycles. The van der Waals surface area contributed by atoms with Gasteiger partial charge in [0.2, 0.25) is 11.8 Å². The number of hydrogen-bond donors (Lipinski definition) is 0. The maximum atomic E-state index is 13.0. The van der Waals surface area contributed by atoms with E-state index >= 15 is 0 Å². The van der Waals surface area contributed by atoms with Crippen LogP contribution in [0.3, 0.4) is 0 Å². The van der Waals surface area contributed by atoms with Crippen LogP contribution >= 0.6 is 11.8 Å². The fraction of sp³-hybridized carbons (Fsp3) is 0.476. The number of rotatable bonds is 6. The van der Waals surface area contributed by atoms with Crippen molar-refractivity contribution in [3.63, 3.8) is 0 Å². The van der Waals surface area contributed by atoms with E-state index in [-0.39, 0.29) is 24.2 Å². The number of carbonyl (C=O) groups excluding carboxylic acids is 3. The molecule has 2 fully saturated rings. The quantitative estimate of drug-likeness (QED) is 0.518. The van der Waals surface area contributed by atoms with Gasteiger partial charge in [-0.3, -0.25) is 19.4 Å². The van der Waals surface area contributed by atoms with Gasteiger partial charge in [-0.2, -0.15) is 0 Å². The van der Waals surface area contributed by atoms with Gasteiger partial charge in [0.1, 0.15) is 6.04 Å². The Morgan fingerprint density at radius 2 is 1.86 bits per heavy atom. The third-order valence-corrected chi connectivity index (χ3v) is 6.06. The Bertz CT molecular complexity index is 775. The first kappa shape index (κ1) is 21.4. The molecule has 0 saturated carbocycles. The molecule has 0 unspecified atom stereocenters. The molecule has 156 valence electrons. The number of amides is 2. The lowest BCUT2D eigenvalue weighted by molar-refractivity contribution is -0.143. The molecule has 2 aliphatic heterocycles. The summed E-state index contributed by atoms with van der Waals surface area (Å²) in [6, 6.07) is 9.64. The van der Waals surface area contributed by atoms with E-state index in [1.165, 1.54) is 28.3 Å². The topological polar surface area (TPSA) is 70.2 Å². The van der Waals surface area contributed by atoms with Crippen LogP contribution in [0, 0.1) is 0 Å². The maximum absolute atomic E-state index is 13.0. The molecular weight excluding hydrogens is 390 g/mol. The molecule has 0 radical (unpaired) electrons. The van der Waals surface area contributed by atoms with Crippen molar-refractivity contribution in [2.75, 3.05) is 38.5 Å². The highest BCUT2D eigenvalue weighted by Gasteiger charge is 2.37. The molecule has 0 N–H and O–H groups in total. The molecule has 1 aromatic rings. The van der Waals surface area contributed by atoms with Crippen LogP contribution < -0.4 is 0 Å². The molecule has 2 amide bonds. The Kier molecular flexibility index (Phi) is 7.33. The number of ether oxygens (including phenoxy) is 1. The van der Waals surface area contributed by atoms with Crippen molar-refractivity contribution in [3.8, 4) is 0 Å². The van der Waals surface area contributed by atoms with Gasteiger partial charge in [0.25, 0.3) is 0 Å². The second-order valence-corrected chi connectivity index (χ2v) is 8.05. The molecule has 0 aliphatic carbocycles. The van der Waals surface area contributed by atoms with Gasteiger partial charge in [0.15, 0.2) is 0 Å². The van der Waals surface area contributed by atoms with Crippen LogP contribution in [0.25, 0.3) is 0 Å². The van der Waals surface area contributed by atoms with E-state index in [1.54, 1.807) is 13.8 Å². The van der Waals surface area contributed by atoms with Crippen LogP contribution in [0.2, 0.25) is 0 Å². The predicted molar refractivity (Wildman–Crippen MR) is 112 cm³/mol. The van der Waals surface area contributed by atoms with E-state index in [2.05, 4.69) is 17.0 Å². The fourth-order valence-corrected chi connectivity index (χ4v) is 4.53. The van der Waals surface area contributed by atoms with Crippen LogP contribution in [0.15, 0.2) is 41.4 Å². The summed E-state index contributed by atoms with van der Waals surface area (Å²) in [7, 11) is 0. The molecule has 2 aliphatic rings. The first-order valence-electron chi connectivity index (χ1n) is 9.88. The zero-order chi connectivity index (χ0) is 20.8. The van der Waals surface area contributed by atoms with E-state index in [1.807, 2.05) is 23.1 Å². The van der Waals surface area contributed by atoms with Crippen molar-refractivity contribution in [3.05, 3.63) is 47.0 Å². The van der Waals surface area contributed by atoms with Crippen LogP contribution in [-0.4, -0.2) is 77.1 Å². The summed E-state index contributed by atoms with van der Waals surface area (Å²) in [4.78, 5) is 42.7.